The molecule has 0 amide bonds. The maximum Gasteiger partial charge on any atom is 0.0992 e. The summed E-state index contributed by atoms with van der Waals surface area (Å²) in [6.07, 6.45) is 4.33. The van der Waals surface area contributed by atoms with E-state index in [0.29, 0.717) is 5.56 Å². The number of rotatable bonds is 6. The number of nitriles is 1. The van der Waals surface area contributed by atoms with Crippen LogP contribution in [0.4, 0.5) is 0 Å². The lowest BCUT2D eigenvalue weighted by Crippen LogP contribution is -2.05. The Morgan fingerprint density at radius 3 is 2.94 bits per heavy atom. The highest BCUT2D eigenvalue weighted by atomic mass is 16.5. The third-order valence-electron chi connectivity index (χ3n) is 3.02. The molecule has 0 aliphatic rings. The van der Waals surface area contributed by atoms with E-state index in [9.17, 15) is 0 Å². The number of hydrogen-bond donors (Lipinski definition) is 0. The van der Waals surface area contributed by atoms with Crippen LogP contribution in [-0.2, 0) is 11.3 Å². The third-order valence-corrected chi connectivity index (χ3v) is 3.02. The van der Waals surface area contributed by atoms with Gasteiger partial charge in [-0.15, -0.1) is 0 Å². The smallest absolute Gasteiger partial charge is 0.0992 e. The van der Waals surface area contributed by atoms with Gasteiger partial charge < -0.3 is 9.30 Å². The first-order chi connectivity index (χ1) is 8.85. The van der Waals surface area contributed by atoms with Gasteiger partial charge in [0, 0.05) is 24.9 Å². The number of fused-ring (bicyclic) bond motifs is 1. The van der Waals surface area contributed by atoms with Gasteiger partial charge in [0.15, 0.2) is 0 Å². The van der Waals surface area contributed by atoms with Crippen LogP contribution in [0.2, 0.25) is 0 Å². The van der Waals surface area contributed by atoms with E-state index < -0.39 is 0 Å². The summed E-state index contributed by atoms with van der Waals surface area (Å²) in [6, 6.07) is 10.0. The van der Waals surface area contributed by atoms with Crippen LogP contribution >= 0.6 is 0 Å². The average Bonchev–Trinajstić information content (AvgIpc) is 2.81. The molecule has 0 N–H and O–H groups in total. The summed E-state index contributed by atoms with van der Waals surface area (Å²) >= 11 is 0. The number of hydrogen-bond acceptors (Lipinski definition) is 2. The lowest BCUT2D eigenvalue weighted by molar-refractivity contribution is 0.124. The van der Waals surface area contributed by atoms with Gasteiger partial charge in [-0.1, -0.05) is 19.4 Å². The highest BCUT2D eigenvalue weighted by Gasteiger charge is 2.02. The molecule has 0 spiro atoms. The molecule has 94 valence electrons. The first-order valence-corrected chi connectivity index (χ1v) is 6.42. The minimum atomic E-state index is 0.703. The summed E-state index contributed by atoms with van der Waals surface area (Å²) in [6.45, 7) is 4.55. The minimum Gasteiger partial charge on any atom is -0.380 e. The van der Waals surface area contributed by atoms with Gasteiger partial charge >= 0.3 is 0 Å². The van der Waals surface area contributed by atoms with E-state index in [0.717, 1.165) is 38.1 Å². The zero-order chi connectivity index (χ0) is 12.8. The fourth-order valence-corrected chi connectivity index (χ4v) is 1.96. The quantitative estimate of drug-likeness (QED) is 0.729. The molecule has 0 saturated carbocycles. The molecule has 0 fully saturated rings. The Kier molecular flexibility index (Phi) is 4.38. The van der Waals surface area contributed by atoms with Crippen LogP contribution in [0.1, 0.15) is 25.3 Å². The van der Waals surface area contributed by atoms with Crippen LogP contribution in [0.25, 0.3) is 10.9 Å². The standard InChI is InChI=1S/C15H18N2O/c1-2-3-9-18-10-8-17-7-6-14-5-4-13(12-16)11-15(14)17/h4-7,11H,2-3,8-10H2,1H3. The molecule has 1 heterocycles. The van der Waals surface area contributed by atoms with Crippen LogP contribution < -0.4 is 0 Å². The number of benzene rings is 1. The predicted octanol–water partition coefficient (Wildman–Crippen LogP) is 3.33. The second-order valence-electron chi connectivity index (χ2n) is 4.36. The molecular weight excluding hydrogens is 224 g/mol. The molecule has 3 heteroatoms. The molecule has 0 atom stereocenters. The van der Waals surface area contributed by atoms with Gasteiger partial charge in [-0.25, -0.2) is 0 Å². The molecule has 0 aliphatic heterocycles. The summed E-state index contributed by atoms with van der Waals surface area (Å²) in [5.41, 5.74) is 1.81. The van der Waals surface area contributed by atoms with Crippen molar-refractivity contribution in [2.75, 3.05) is 13.2 Å². The lowest BCUT2D eigenvalue weighted by Gasteiger charge is -2.06. The molecule has 0 bridgehead atoms. The molecule has 0 radical (unpaired) electrons. The van der Waals surface area contributed by atoms with Crippen molar-refractivity contribution in [3.63, 3.8) is 0 Å². The number of nitrogens with zero attached hydrogens (tertiary/aromatic N) is 2. The third kappa shape index (κ3) is 2.91. The van der Waals surface area contributed by atoms with E-state index >= 15 is 0 Å². The van der Waals surface area contributed by atoms with E-state index in [-0.39, 0.29) is 0 Å². The summed E-state index contributed by atoms with van der Waals surface area (Å²) < 4.78 is 7.71. The largest absolute Gasteiger partial charge is 0.380 e. The van der Waals surface area contributed by atoms with Crippen molar-refractivity contribution in [3.8, 4) is 6.07 Å². The molecule has 2 aromatic rings. The Labute approximate surface area is 108 Å². The Balaban J connectivity index is 2.02. The van der Waals surface area contributed by atoms with Gasteiger partial charge in [-0.3, -0.25) is 0 Å². The molecule has 2 rings (SSSR count). The fourth-order valence-electron chi connectivity index (χ4n) is 1.96. The molecule has 0 saturated heterocycles. The molecule has 0 unspecified atom stereocenters. The van der Waals surface area contributed by atoms with E-state index in [1.165, 1.54) is 5.39 Å². The summed E-state index contributed by atoms with van der Waals surface area (Å²) in [5.74, 6) is 0. The highest BCUT2D eigenvalue weighted by Crippen LogP contribution is 2.17. The van der Waals surface area contributed by atoms with Crippen molar-refractivity contribution >= 4 is 10.9 Å². The Bertz CT molecular complexity index is 551. The first-order valence-electron chi connectivity index (χ1n) is 6.42. The topological polar surface area (TPSA) is 38.0 Å². The Morgan fingerprint density at radius 2 is 2.17 bits per heavy atom. The Morgan fingerprint density at radius 1 is 1.28 bits per heavy atom. The van der Waals surface area contributed by atoms with Crippen molar-refractivity contribution in [1.29, 1.82) is 5.26 Å². The van der Waals surface area contributed by atoms with Crippen molar-refractivity contribution in [1.82, 2.24) is 4.57 Å². The van der Waals surface area contributed by atoms with Gasteiger partial charge in [0.1, 0.15) is 0 Å². The van der Waals surface area contributed by atoms with E-state index in [1.807, 2.05) is 18.2 Å². The average molecular weight is 242 g/mol. The van der Waals surface area contributed by atoms with Crippen LogP contribution in [0.3, 0.4) is 0 Å². The van der Waals surface area contributed by atoms with Gasteiger partial charge in [0.05, 0.1) is 18.2 Å². The van der Waals surface area contributed by atoms with Gasteiger partial charge in [0.25, 0.3) is 0 Å². The first kappa shape index (κ1) is 12.7. The van der Waals surface area contributed by atoms with Crippen molar-refractivity contribution in [3.05, 3.63) is 36.0 Å². The van der Waals surface area contributed by atoms with E-state index in [1.54, 1.807) is 0 Å². The zero-order valence-corrected chi connectivity index (χ0v) is 10.7. The number of aromatic nitrogens is 1. The molecule has 3 nitrogen and oxygen atoms in total. The van der Waals surface area contributed by atoms with Crippen molar-refractivity contribution in [2.45, 2.75) is 26.3 Å². The summed E-state index contributed by atoms with van der Waals surface area (Å²) in [4.78, 5) is 0. The van der Waals surface area contributed by atoms with Crippen LogP contribution in [-0.4, -0.2) is 17.8 Å². The molecular formula is C15H18N2O. The van der Waals surface area contributed by atoms with Crippen LogP contribution in [0, 0.1) is 11.3 Å². The van der Waals surface area contributed by atoms with Crippen LogP contribution in [0.15, 0.2) is 30.5 Å². The monoisotopic (exact) mass is 242 g/mol. The molecule has 1 aromatic carbocycles. The highest BCUT2D eigenvalue weighted by molar-refractivity contribution is 5.81. The second kappa shape index (κ2) is 6.23. The van der Waals surface area contributed by atoms with Gasteiger partial charge in [-0.05, 0) is 30.0 Å². The number of ether oxygens (including phenoxy) is 1. The SMILES string of the molecule is CCCCOCCn1ccc2ccc(C#N)cc21. The zero-order valence-electron chi connectivity index (χ0n) is 10.7. The molecule has 18 heavy (non-hydrogen) atoms. The lowest BCUT2D eigenvalue weighted by atomic mass is 10.2. The van der Waals surface area contributed by atoms with Crippen molar-refractivity contribution in [2.24, 2.45) is 0 Å². The maximum atomic E-state index is 8.91. The Hall–Kier alpha value is -1.79. The summed E-state index contributed by atoms with van der Waals surface area (Å²) in [5, 5.41) is 10.1. The van der Waals surface area contributed by atoms with Gasteiger partial charge in [-0.2, -0.15) is 5.26 Å². The van der Waals surface area contributed by atoms with Crippen LogP contribution in [0.5, 0.6) is 0 Å². The second-order valence-corrected chi connectivity index (χ2v) is 4.36. The summed E-state index contributed by atoms with van der Waals surface area (Å²) in [7, 11) is 0. The minimum absolute atomic E-state index is 0.703. The van der Waals surface area contributed by atoms with E-state index in [2.05, 4.69) is 29.8 Å². The van der Waals surface area contributed by atoms with Crippen molar-refractivity contribution < 1.29 is 4.74 Å². The van der Waals surface area contributed by atoms with E-state index in [4.69, 9.17) is 10.00 Å². The number of unbranched alkanes of at least 4 members (excludes halogenated alkanes) is 1. The van der Waals surface area contributed by atoms with Gasteiger partial charge in [0.2, 0.25) is 0 Å². The predicted molar refractivity (Wildman–Crippen MR) is 72.4 cm³/mol. The molecule has 0 aliphatic carbocycles. The normalized spacial score (nSPS) is 10.7. The maximum absolute atomic E-state index is 8.91. The fraction of sp³-hybridized carbons (Fsp3) is 0.400. The molecule has 1 aromatic heterocycles.